The molecular weight excluding hydrogens is 997 g/mol. The molecule has 4 saturated heterocycles. The van der Waals surface area contributed by atoms with Gasteiger partial charge in [0.15, 0.2) is 0 Å². The van der Waals surface area contributed by atoms with Gasteiger partial charge in [-0.1, -0.05) is 68.9 Å². The van der Waals surface area contributed by atoms with Crippen LogP contribution in [0.1, 0.15) is 113 Å². The van der Waals surface area contributed by atoms with Crippen molar-refractivity contribution >= 4 is 52.7 Å². The Bertz CT molecular complexity index is 2500. The number of amides is 7. The maximum Gasteiger partial charge on any atom is 0.251 e. The van der Waals surface area contributed by atoms with Crippen molar-refractivity contribution in [2.75, 3.05) is 62.2 Å². The van der Waals surface area contributed by atoms with Crippen molar-refractivity contribution in [3.05, 3.63) is 89.5 Å². The van der Waals surface area contributed by atoms with Gasteiger partial charge in [-0.15, -0.1) is 0 Å². The van der Waals surface area contributed by atoms with Gasteiger partial charge in [-0.25, -0.2) is 0 Å². The lowest BCUT2D eigenvalue weighted by molar-refractivity contribution is -0.145. The highest BCUT2D eigenvalue weighted by atomic mass is 16.5. The second-order valence-electron chi connectivity index (χ2n) is 21.5. The molecule has 7 rings (SSSR count). The Hall–Kier alpha value is -6.77. The van der Waals surface area contributed by atoms with Crippen LogP contribution in [0.3, 0.4) is 0 Å². The summed E-state index contributed by atoms with van der Waals surface area (Å²) in [6, 6.07) is 14.3. The number of unbranched alkanes of at least 4 members (excludes halogenated alkanes) is 5. The predicted octanol–water partition coefficient (Wildman–Crippen LogP) is 2.45. The molecule has 4 fully saturated rings. The van der Waals surface area contributed by atoms with Gasteiger partial charge in [0.05, 0.1) is 18.8 Å². The van der Waals surface area contributed by atoms with E-state index in [1.165, 1.54) is 55.8 Å². The Kier molecular flexibility index (Phi) is 21.3. The second-order valence-corrected chi connectivity index (χ2v) is 21.5. The molecule has 3 aromatic carbocycles. The van der Waals surface area contributed by atoms with E-state index in [4.69, 9.17) is 10.5 Å². The monoisotopic (exact) mass is 1080 g/mol. The standard InChI is InChI=1S/C58H82N10O10/c1-5-6-7-8-9-10-33-78-45-25-23-44(24-26-45)66-31-29-65(30-32-66)43-21-19-41(20-22-43)52(71)61-46-13-11-27-60-55(74)49-35-42(59)36-68(49)58(77)51(39(4)70)64-54(73)47(34-40-17-15-37(2)16-18-40)62-56(75)48-14-12-28-67(48)57(76)50(38(3)69)63-53(46)72/h15-26,38-39,42,46-51,69-70H,5-14,27-36,59H2,1-4H3,(H,60,74)(H,61,71)(H,62,75)(H,63,72)(H,64,73)/t38?,39?,42-,46-,47?,48?,49?,50?,51?/m0/s1. The minimum absolute atomic E-state index is 0.00645. The number of hydrogen-bond acceptors (Lipinski definition) is 13. The van der Waals surface area contributed by atoms with Crippen LogP contribution < -0.4 is 46.9 Å². The zero-order valence-corrected chi connectivity index (χ0v) is 45.8. The third-order valence-electron chi connectivity index (χ3n) is 15.4. The number of rotatable bonds is 16. The van der Waals surface area contributed by atoms with Crippen molar-refractivity contribution in [1.29, 1.82) is 0 Å². The lowest BCUT2D eigenvalue weighted by Crippen LogP contribution is -2.62. The predicted molar refractivity (Wildman–Crippen MR) is 297 cm³/mol. The number of nitrogens with zero attached hydrogens (tertiary/aromatic N) is 4. The molecule has 4 aliphatic heterocycles. The SMILES string of the molecule is CCCCCCCCOc1ccc(N2CCN(c3ccc(C(=O)N[C@H]4CCCNC(=O)C5C[C@H](N)CN5C(=O)C(C(C)O)NC(=O)C(Cc5ccc(C)cc5)NC(=O)C5CCCN5C(=O)C(C(C)O)NC4=O)cc3)CC2)cc1. The number of carbonyl (C=O) groups is 7. The molecule has 20 heteroatoms. The third-order valence-corrected chi connectivity index (χ3v) is 15.4. The molecule has 20 nitrogen and oxygen atoms in total. The maximum absolute atomic E-state index is 14.4. The van der Waals surface area contributed by atoms with Gasteiger partial charge in [0.25, 0.3) is 5.91 Å². The van der Waals surface area contributed by atoms with Crippen molar-refractivity contribution in [3.8, 4) is 5.75 Å². The lowest BCUT2D eigenvalue weighted by Gasteiger charge is -2.37. The molecule has 3 aromatic rings. The molecule has 4 aliphatic rings. The number of aliphatic hydroxyl groups excluding tert-OH is 2. The molecule has 9 N–H and O–H groups in total. The van der Waals surface area contributed by atoms with Gasteiger partial charge < -0.3 is 66.9 Å². The molecule has 0 bridgehead atoms. The molecule has 78 heavy (non-hydrogen) atoms. The molecule has 424 valence electrons. The number of nitrogens with one attached hydrogen (secondary N) is 5. The molecule has 0 saturated carbocycles. The number of benzene rings is 3. The summed E-state index contributed by atoms with van der Waals surface area (Å²) in [7, 11) is 0. The van der Waals surface area contributed by atoms with E-state index in [9.17, 15) is 43.8 Å². The summed E-state index contributed by atoms with van der Waals surface area (Å²) < 4.78 is 5.99. The van der Waals surface area contributed by atoms with Gasteiger partial charge in [-0.05, 0) is 113 Å². The van der Waals surface area contributed by atoms with E-state index in [2.05, 4.69) is 55.4 Å². The van der Waals surface area contributed by atoms with Crippen LogP contribution >= 0.6 is 0 Å². The molecule has 0 radical (unpaired) electrons. The number of hydrogen-bond donors (Lipinski definition) is 8. The molecule has 4 heterocycles. The van der Waals surface area contributed by atoms with Crippen LogP contribution in [0.4, 0.5) is 11.4 Å². The summed E-state index contributed by atoms with van der Waals surface area (Å²) in [5, 5.41) is 35.7. The van der Waals surface area contributed by atoms with Gasteiger partial charge in [0.2, 0.25) is 35.4 Å². The van der Waals surface area contributed by atoms with E-state index in [0.29, 0.717) is 18.6 Å². The first-order valence-electron chi connectivity index (χ1n) is 28.1. The third kappa shape index (κ3) is 15.7. The van der Waals surface area contributed by atoms with E-state index < -0.39 is 95.9 Å². The fourth-order valence-corrected chi connectivity index (χ4v) is 10.8. The molecule has 7 unspecified atom stereocenters. The minimum Gasteiger partial charge on any atom is -0.494 e. The molecule has 7 amide bonds. The smallest absolute Gasteiger partial charge is 0.251 e. The maximum atomic E-state index is 14.4. The van der Waals surface area contributed by atoms with Gasteiger partial charge in [0.1, 0.15) is 42.0 Å². The fraction of sp³-hybridized carbons (Fsp3) is 0.569. The summed E-state index contributed by atoms with van der Waals surface area (Å²) >= 11 is 0. The quantitative estimate of drug-likeness (QED) is 0.0960. The zero-order chi connectivity index (χ0) is 55.9. The number of ether oxygens (including phenoxy) is 1. The highest BCUT2D eigenvalue weighted by molar-refractivity contribution is 6.00. The number of anilines is 2. The van der Waals surface area contributed by atoms with Gasteiger partial charge in [-0.2, -0.15) is 0 Å². The summed E-state index contributed by atoms with van der Waals surface area (Å²) in [5.41, 5.74) is 10.3. The average Bonchev–Trinajstić information content (AvgIpc) is 4.11. The number of fused-ring (bicyclic) bond motifs is 2. The van der Waals surface area contributed by atoms with Crippen LogP contribution in [0.2, 0.25) is 0 Å². The summed E-state index contributed by atoms with van der Waals surface area (Å²) in [6.07, 6.45) is 5.24. The number of piperazine rings is 1. The molecule has 9 atom stereocenters. The van der Waals surface area contributed by atoms with Crippen molar-refractivity contribution in [2.45, 2.75) is 159 Å². The van der Waals surface area contributed by atoms with Crippen LogP contribution in [0, 0.1) is 6.92 Å². The number of aliphatic hydroxyl groups is 2. The van der Waals surface area contributed by atoms with E-state index in [0.717, 1.165) is 55.3 Å². The van der Waals surface area contributed by atoms with Crippen LogP contribution in [0.25, 0.3) is 0 Å². The van der Waals surface area contributed by atoms with E-state index in [1.807, 2.05) is 43.3 Å². The van der Waals surface area contributed by atoms with E-state index in [1.54, 1.807) is 24.3 Å². The van der Waals surface area contributed by atoms with Crippen molar-refractivity contribution in [3.63, 3.8) is 0 Å². The van der Waals surface area contributed by atoms with Crippen molar-refractivity contribution in [1.82, 2.24) is 36.4 Å². The molecule has 0 aromatic heterocycles. The number of nitrogens with two attached hydrogens (primary N) is 1. The Morgan fingerprint density at radius 3 is 1.90 bits per heavy atom. The summed E-state index contributed by atoms with van der Waals surface area (Å²) in [4.78, 5) is 106. The first kappa shape index (κ1) is 58.9. The zero-order valence-electron chi connectivity index (χ0n) is 45.8. The fourth-order valence-electron chi connectivity index (χ4n) is 10.8. The number of aryl methyl sites for hydroxylation is 1. The van der Waals surface area contributed by atoms with Gasteiger partial charge in [-0.3, -0.25) is 33.6 Å². The first-order chi connectivity index (χ1) is 37.5. The topological polar surface area (TPSA) is 268 Å². The molecule has 0 aliphatic carbocycles. The Morgan fingerprint density at radius 1 is 0.679 bits per heavy atom. The normalized spacial score (nSPS) is 24.9. The van der Waals surface area contributed by atoms with Crippen LogP contribution in [-0.4, -0.2) is 168 Å². The largest absolute Gasteiger partial charge is 0.494 e. The summed E-state index contributed by atoms with van der Waals surface area (Å²) in [5.74, 6) is -3.97. The Morgan fingerprint density at radius 2 is 1.27 bits per heavy atom. The Balaban J connectivity index is 1.04. The highest BCUT2D eigenvalue weighted by Crippen LogP contribution is 2.26. The molecule has 0 spiro atoms. The molecular formula is C58H82N10O10. The van der Waals surface area contributed by atoms with Crippen molar-refractivity contribution < 1.29 is 48.5 Å². The number of carbonyl (C=O) groups excluding carboxylic acids is 7. The van der Waals surface area contributed by atoms with Crippen LogP contribution in [0.5, 0.6) is 5.75 Å². The van der Waals surface area contributed by atoms with Gasteiger partial charge >= 0.3 is 0 Å². The Labute approximate surface area is 458 Å². The van der Waals surface area contributed by atoms with Crippen LogP contribution in [-0.2, 0) is 35.2 Å². The average molecular weight is 1080 g/mol. The summed E-state index contributed by atoms with van der Waals surface area (Å²) in [6.45, 7) is 10.7. The van der Waals surface area contributed by atoms with Crippen LogP contribution in [0.15, 0.2) is 72.8 Å². The van der Waals surface area contributed by atoms with Crippen molar-refractivity contribution in [2.24, 2.45) is 5.73 Å². The second kappa shape index (κ2) is 28.2. The first-order valence-corrected chi connectivity index (χ1v) is 28.1. The highest BCUT2D eigenvalue weighted by Gasteiger charge is 2.44. The lowest BCUT2D eigenvalue weighted by atomic mass is 10.0. The van der Waals surface area contributed by atoms with E-state index >= 15 is 0 Å². The van der Waals surface area contributed by atoms with E-state index in [-0.39, 0.29) is 57.3 Å². The van der Waals surface area contributed by atoms with Gasteiger partial charge in [0, 0.05) is 75.2 Å². The minimum atomic E-state index is -1.53.